The smallest absolute Gasteiger partial charge is 0.154 e. The fourth-order valence-electron chi connectivity index (χ4n) is 5.51. The molecule has 34 heavy (non-hydrogen) atoms. The fraction of sp³-hybridized carbons (Fsp3) is 0.464. The van der Waals surface area contributed by atoms with Gasteiger partial charge in [0.1, 0.15) is 0 Å². The molecular formula is C28H36N4O2. The number of nitrogens with one attached hydrogen (secondary N) is 2. The number of rotatable bonds is 8. The second kappa shape index (κ2) is 10.2. The second-order valence-electron chi connectivity index (χ2n) is 9.77. The molecule has 2 aromatic carbocycles. The molecule has 2 atom stereocenters. The van der Waals surface area contributed by atoms with E-state index in [9.17, 15) is 4.79 Å². The first-order valence-electron chi connectivity index (χ1n) is 12.6. The number of hydrogen-bond donors (Lipinski definition) is 2. The van der Waals surface area contributed by atoms with Crippen LogP contribution < -0.4 is 10.2 Å². The minimum Gasteiger partial charge on any atom is -0.380 e. The van der Waals surface area contributed by atoms with Gasteiger partial charge in [-0.25, -0.2) is 0 Å². The molecule has 6 heteroatoms. The lowest BCUT2D eigenvalue weighted by Crippen LogP contribution is -2.59. The zero-order valence-electron chi connectivity index (χ0n) is 20.3. The minimum atomic E-state index is -0.130. The Balaban J connectivity index is 1.31. The molecule has 2 aliphatic rings. The number of aromatic amines is 1. The van der Waals surface area contributed by atoms with E-state index in [-0.39, 0.29) is 18.2 Å². The Morgan fingerprint density at radius 3 is 2.71 bits per heavy atom. The first kappa shape index (κ1) is 22.9. The molecule has 2 aliphatic heterocycles. The third-order valence-electron chi connectivity index (χ3n) is 7.21. The zero-order valence-corrected chi connectivity index (χ0v) is 20.3. The number of H-pyrrole nitrogens is 1. The molecule has 3 heterocycles. The summed E-state index contributed by atoms with van der Waals surface area (Å²) in [6.07, 6.45) is 4.60. The van der Waals surface area contributed by atoms with Crippen LogP contribution in [-0.4, -0.2) is 66.6 Å². The van der Waals surface area contributed by atoms with Crippen LogP contribution in [0, 0.1) is 0 Å². The van der Waals surface area contributed by atoms with Crippen LogP contribution in [0.1, 0.15) is 32.3 Å². The number of hydrogen-bond acceptors (Lipinski definition) is 5. The van der Waals surface area contributed by atoms with E-state index in [1.807, 2.05) is 20.0 Å². The summed E-state index contributed by atoms with van der Waals surface area (Å²) in [6, 6.07) is 17.1. The lowest BCUT2D eigenvalue weighted by molar-refractivity contribution is -0.126. The maximum Gasteiger partial charge on any atom is 0.154 e. The summed E-state index contributed by atoms with van der Waals surface area (Å²) in [5.74, 6) is 0.290. The van der Waals surface area contributed by atoms with Crippen LogP contribution in [0.2, 0.25) is 0 Å². The normalized spacial score (nSPS) is 19.7. The van der Waals surface area contributed by atoms with E-state index in [0.29, 0.717) is 18.8 Å². The minimum absolute atomic E-state index is 0.126. The van der Waals surface area contributed by atoms with Gasteiger partial charge in [0.2, 0.25) is 0 Å². The van der Waals surface area contributed by atoms with Crippen molar-refractivity contribution in [2.75, 3.05) is 43.0 Å². The lowest BCUT2D eigenvalue weighted by atomic mass is 9.89. The molecule has 0 radical (unpaired) electrons. The quantitative estimate of drug-likeness (QED) is 0.519. The van der Waals surface area contributed by atoms with Crippen molar-refractivity contribution < 1.29 is 9.53 Å². The number of aryl methyl sites for hydroxylation is 1. The van der Waals surface area contributed by atoms with Gasteiger partial charge in [-0.2, -0.15) is 0 Å². The molecule has 1 fully saturated rings. The molecule has 0 bridgehead atoms. The first-order valence-corrected chi connectivity index (χ1v) is 12.6. The molecule has 0 amide bonds. The predicted octanol–water partition coefficient (Wildman–Crippen LogP) is 4.47. The summed E-state index contributed by atoms with van der Waals surface area (Å²) >= 11 is 0. The molecule has 2 N–H and O–H groups in total. The number of piperazine rings is 1. The number of aromatic nitrogens is 1. The number of para-hydroxylation sites is 1. The number of anilines is 2. The van der Waals surface area contributed by atoms with Crippen molar-refractivity contribution in [2.24, 2.45) is 0 Å². The number of benzene rings is 2. The molecular weight excluding hydrogens is 424 g/mol. The molecule has 0 aliphatic carbocycles. The number of fused-ring (bicyclic) bond motifs is 2. The molecule has 1 saturated heterocycles. The molecule has 5 rings (SSSR count). The maximum absolute atomic E-state index is 13.5. The van der Waals surface area contributed by atoms with Crippen molar-refractivity contribution in [3.63, 3.8) is 0 Å². The Labute approximate surface area is 202 Å². The highest BCUT2D eigenvalue weighted by atomic mass is 16.5. The van der Waals surface area contributed by atoms with Crippen molar-refractivity contribution >= 4 is 28.1 Å². The van der Waals surface area contributed by atoms with Crippen molar-refractivity contribution in [3.05, 3.63) is 60.3 Å². The van der Waals surface area contributed by atoms with Gasteiger partial charge in [0.15, 0.2) is 5.78 Å². The number of ketones is 1. The van der Waals surface area contributed by atoms with Crippen LogP contribution in [0.25, 0.3) is 10.9 Å². The number of carbonyl (C=O) groups is 1. The van der Waals surface area contributed by atoms with Crippen LogP contribution in [0.4, 0.5) is 11.4 Å². The van der Waals surface area contributed by atoms with E-state index in [4.69, 9.17) is 4.74 Å². The summed E-state index contributed by atoms with van der Waals surface area (Å²) in [4.78, 5) is 21.7. The largest absolute Gasteiger partial charge is 0.380 e. The molecule has 2 unspecified atom stereocenters. The summed E-state index contributed by atoms with van der Waals surface area (Å²) in [5, 5.41) is 4.98. The molecule has 3 aromatic rings. The van der Waals surface area contributed by atoms with E-state index < -0.39 is 0 Å². The van der Waals surface area contributed by atoms with Crippen LogP contribution >= 0.6 is 0 Å². The molecule has 180 valence electrons. The maximum atomic E-state index is 13.5. The summed E-state index contributed by atoms with van der Waals surface area (Å²) < 4.78 is 5.73. The Bertz CT molecular complexity index is 1120. The molecule has 0 saturated carbocycles. The molecule has 6 nitrogen and oxygen atoms in total. The Morgan fingerprint density at radius 2 is 1.88 bits per heavy atom. The van der Waals surface area contributed by atoms with E-state index in [0.717, 1.165) is 39.0 Å². The van der Waals surface area contributed by atoms with E-state index in [1.165, 1.54) is 27.8 Å². The number of nitrogens with zero attached hydrogens (tertiary/aromatic N) is 2. The number of ether oxygens (including phenoxy) is 1. The summed E-state index contributed by atoms with van der Waals surface area (Å²) in [6.45, 7) is 8.12. The van der Waals surface area contributed by atoms with Gasteiger partial charge < -0.3 is 19.9 Å². The van der Waals surface area contributed by atoms with Crippen LogP contribution in [-0.2, 0) is 16.0 Å². The average molecular weight is 461 g/mol. The van der Waals surface area contributed by atoms with Crippen LogP contribution in [0.15, 0.2) is 54.7 Å². The van der Waals surface area contributed by atoms with E-state index in [2.05, 4.69) is 68.6 Å². The van der Waals surface area contributed by atoms with E-state index in [1.54, 1.807) is 0 Å². The predicted molar refractivity (Wildman–Crippen MR) is 139 cm³/mol. The van der Waals surface area contributed by atoms with Gasteiger partial charge in [0.25, 0.3) is 0 Å². The summed E-state index contributed by atoms with van der Waals surface area (Å²) in [5.41, 5.74) is 4.96. The second-order valence-corrected chi connectivity index (χ2v) is 9.77. The number of carbonyl (C=O) groups excluding carboxylic acids is 1. The average Bonchev–Trinajstić information content (AvgIpc) is 3.34. The van der Waals surface area contributed by atoms with Crippen LogP contribution in [0.3, 0.4) is 0 Å². The van der Waals surface area contributed by atoms with Crippen molar-refractivity contribution in [1.29, 1.82) is 0 Å². The van der Waals surface area contributed by atoms with Gasteiger partial charge in [0, 0.05) is 67.1 Å². The Morgan fingerprint density at radius 1 is 1.06 bits per heavy atom. The lowest BCUT2D eigenvalue weighted by Gasteiger charge is -2.44. The highest BCUT2D eigenvalue weighted by Gasteiger charge is 2.36. The van der Waals surface area contributed by atoms with Gasteiger partial charge >= 0.3 is 0 Å². The van der Waals surface area contributed by atoms with Gasteiger partial charge in [-0.15, -0.1) is 0 Å². The number of Topliss-reactive ketones (excluding diaryl/α,β-unsaturated/α-hetero) is 1. The van der Waals surface area contributed by atoms with Gasteiger partial charge in [-0.1, -0.05) is 24.3 Å². The SMILES string of the molecule is CC(C)OCCC(=O)C(C1CCc2ccccc2N1)N1CCN(c2cccc3[nH]ccc23)CC1. The zero-order chi connectivity index (χ0) is 23.5. The first-order chi connectivity index (χ1) is 16.6. The topological polar surface area (TPSA) is 60.6 Å². The molecule has 0 spiro atoms. The monoisotopic (exact) mass is 460 g/mol. The highest BCUT2D eigenvalue weighted by Crippen LogP contribution is 2.30. The summed E-state index contributed by atoms with van der Waals surface area (Å²) in [7, 11) is 0. The third kappa shape index (κ3) is 4.84. The standard InChI is InChI=1S/C28H36N4O2/c1-20(2)34-19-13-27(33)28(25-11-10-21-6-3-4-7-23(21)30-25)32-17-15-31(16-18-32)26-9-5-8-24-22(26)12-14-29-24/h3-9,12,14,20,25,28-30H,10-11,13,15-19H2,1-2H3. The highest BCUT2D eigenvalue weighted by molar-refractivity contribution is 5.92. The Kier molecular flexibility index (Phi) is 6.88. The van der Waals surface area contributed by atoms with Gasteiger partial charge in [0.05, 0.1) is 18.8 Å². The van der Waals surface area contributed by atoms with Crippen molar-refractivity contribution in [2.45, 2.75) is 51.3 Å². The fourth-order valence-corrected chi connectivity index (χ4v) is 5.51. The van der Waals surface area contributed by atoms with Gasteiger partial charge in [-0.3, -0.25) is 9.69 Å². The molecule has 1 aromatic heterocycles. The van der Waals surface area contributed by atoms with Crippen molar-refractivity contribution in [3.8, 4) is 0 Å². The Hall–Kier alpha value is -2.83. The van der Waals surface area contributed by atoms with E-state index >= 15 is 0 Å². The van der Waals surface area contributed by atoms with Crippen molar-refractivity contribution in [1.82, 2.24) is 9.88 Å². The van der Waals surface area contributed by atoms with Gasteiger partial charge in [-0.05, 0) is 56.5 Å². The van der Waals surface area contributed by atoms with Crippen LogP contribution in [0.5, 0.6) is 0 Å². The third-order valence-corrected chi connectivity index (χ3v) is 7.21.